The van der Waals surface area contributed by atoms with Crippen molar-refractivity contribution in [3.05, 3.63) is 30.1 Å². The molecule has 4 heteroatoms. The van der Waals surface area contributed by atoms with Gasteiger partial charge in [0.2, 0.25) is 0 Å². The maximum Gasteiger partial charge on any atom is 0.0931 e. The van der Waals surface area contributed by atoms with Crippen LogP contribution in [-0.4, -0.2) is 23.1 Å². The number of aromatic amines is 1. The molecule has 4 nitrogen and oxygen atoms in total. The van der Waals surface area contributed by atoms with E-state index in [1.165, 1.54) is 12.0 Å². The van der Waals surface area contributed by atoms with Crippen molar-refractivity contribution in [1.29, 1.82) is 0 Å². The van der Waals surface area contributed by atoms with E-state index in [1.807, 2.05) is 6.07 Å². The second-order valence-corrected chi connectivity index (χ2v) is 4.46. The van der Waals surface area contributed by atoms with Crippen molar-refractivity contribution in [3.63, 3.8) is 0 Å². The summed E-state index contributed by atoms with van der Waals surface area (Å²) in [4.78, 5) is 7.33. The zero-order valence-corrected chi connectivity index (χ0v) is 9.11. The van der Waals surface area contributed by atoms with Crippen LogP contribution in [0, 0.1) is 5.92 Å². The van der Waals surface area contributed by atoms with E-state index in [-0.39, 0.29) is 6.04 Å². The maximum absolute atomic E-state index is 6.29. The Balaban J connectivity index is 1.91. The molecule has 3 rings (SSSR count). The zero-order valence-electron chi connectivity index (χ0n) is 9.11. The highest BCUT2D eigenvalue weighted by Crippen LogP contribution is 2.26. The number of aromatic nitrogens is 2. The lowest BCUT2D eigenvalue weighted by Crippen LogP contribution is -2.23. The van der Waals surface area contributed by atoms with Crippen LogP contribution in [0.25, 0.3) is 11.0 Å². The molecule has 1 aliphatic heterocycles. The third-order valence-electron chi connectivity index (χ3n) is 3.44. The second-order valence-electron chi connectivity index (χ2n) is 4.46. The summed E-state index contributed by atoms with van der Waals surface area (Å²) >= 11 is 0. The highest BCUT2D eigenvalue weighted by atomic mass is 14.9. The van der Waals surface area contributed by atoms with Crippen LogP contribution in [0.5, 0.6) is 0 Å². The predicted molar refractivity (Wildman–Crippen MR) is 64.0 cm³/mol. The molecule has 1 saturated heterocycles. The van der Waals surface area contributed by atoms with Gasteiger partial charge in [0, 0.05) is 6.04 Å². The summed E-state index contributed by atoms with van der Waals surface area (Å²) in [6.07, 6.45) is 2.89. The van der Waals surface area contributed by atoms with Crippen molar-refractivity contribution < 1.29 is 0 Å². The third-order valence-corrected chi connectivity index (χ3v) is 3.44. The SMILES string of the molecule is NC(c1ccc2nc[nH]c2c1)C1CCNC1. The normalized spacial score (nSPS) is 22.7. The van der Waals surface area contributed by atoms with Crippen molar-refractivity contribution in [1.82, 2.24) is 15.3 Å². The Morgan fingerprint density at radius 3 is 3.19 bits per heavy atom. The summed E-state index contributed by atoms with van der Waals surface area (Å²) in [5, 5.41) is 3.36. The van der Waals surface area contributed by atoms with Gasteiger partial charge in [0.1, 0.15) is 0 Å². The molecule has 0 aliphatic carbocycles. The Kier molecular flexibility index (Phi) is 2.38. The van der Waals surface area contributed by atoms with Crippen LogP contribution < -0.4 is 11.1 Å². The van der Waals surface area contributed by atoms with Gasteiger partial charge in [-0.2, -0.15) is 0 Å². The monoisotopic (exact) mass is 216 g/mol. The number of benzene rings is 1. The minimum Gasteiger partial charge on any atom is -0.345 e. The number of imidazole rings is 1. The van der Waals surface area contributed by atoms with Crippen LogP contribution in [-0.2, 0) is 0 Å². The van der Waals surface area contributed by atoms with Crippen molar-refractivity contribution in [2.24, 2.45) is 11.7 Å². The first kappa shape index (κ1) is 9.81. The summed E-state index contributed by atoms with van der Waals surface area (Å²) in [7, 11) is 0. The fraction of sp³-hybridized carbons (Fsp3) is 0.417. The molecule has 1 fully saturated rings. The van der Waals surface area contributed by atoms with Crippen LogP contribution in [0.3, 0.4) is 0 Å². The average molecular weight is 216 g/mol. The molecule has 2 unspecified atom stereocenters. The van der Waals surface area contributed by atoms with E-state index in [2.05, 4.69) is 27.4 Å². The lowest BCUT2D eigenvalue weighted by molar-refractivity contribution is 0.470. The van der Waals surface area contributed by atoms with Gasteiger partial charge in [0.15, 0.2) is 0 Å². The first-order valence-corrected chi connectivity index (χ1v) is 5.74. The molecule has 16 heavy (non-hydrogen) atoms. The molecule has 0 spiro atoms. The highest BCUT2D eigenvalue weighted by Gasteiger charge is 2.23. The Labute approximate surface area is 94.3 Å². The van der Waals surface area contributed by atoms with Crippen LogP contribution >= 0.6 is 0 Å². The van der Waals surface area contributed by atoms with E-state index in [4.69, 9.17) is 5.73 Å². The molecule has 0 bridgehead atoms. The number of fused-ring (bicyclic) bond motifs is 1. The second kappa shape index (κ2) is 3.88. The Morgan fingerprint density at radius 1 is 1.44 bits per heavy atom. The van der Waals surface area contributed by atoms with Gasteiger partial charge >= 0.3 is 0 Å². The van der Waals surface area contributed by atoms with Gasteiger partial charge in [-0.3, -0.25) is 0 Å². The summed E-state index contributed by atoms with van der Waals surface area (Å²) in [5.74, 6) is 0.556. The maximum atomic E-state index is 6.29. The smallest absolute Gasteiger partial charge is 0.0931 e. The number of hydrogen-bond acceptors (Lipinski definition) is 3. The van der Waals surface area contributed by atoms with Gasteiger partial charge in [0.25, 0.3) is 0 Å². The molecule has 1 aromatic carbocycles. The van der Waals surface area contributed by atoms with Crippen molar-refractivity contribution >= 4 is 11.0 Å². The number of rotatable bonds is 2. The van der Waals surface area contributed by atoms with Crippen LogP contribution in [0.1, 0.15) is 18.0 Å². The average Bonchev–Trinajstić information content (AvgIpc) is 2.98. The van der Waals surface area contributed by atoms with Crippen molar-refractivity contribution in [2.75, 3.05) is 13.1 Å². The molecule has 2 aromatic rings. The number of nitrogens with one attached hydrogen (secondary N) is 2. The van der Waals surface area contributed by atoms with E-state index in [1.54, 1.807) is 6.33 Å². The van der Waals surface area contributed by atoms with E-state index in [0.29, 0.717) is 5.92 Å². The number of H-pyrrole nitrogens is 1. The molecule has 4 N–H and O–H groups in total. The van der Waals surface area contributed by atoms with Gasteiger partial charge in [-0.15, -0.1) is 0 Å². The first-order valence-electron chi connectivity index (χ1n) is 5.74. The first-order chi connectivity index (χ1) is 7.84. The van der Waals surface area contributed by atoms with Crippen LogP contribution in [0.2, 0.25) is 0 Å². The van der Waals surface area contributed by atoms with E-state index >= 15 is 0 Å². The van der Waals surface area contributed by atoms with E-state index in [0.717, 1.165) is 24.1 Å². The summed E-state index contributed by atoms with van der Waals surface area (Å²) < 4.78 is 0. The quantitative estimate of drug-likeness (QED) is 0.706. The third kappa shape index (κ3) is 1.60. The molecule has 0 saturated carbocycles. The van der Waals surface area contributed by atoms with Gasteiger partial charge in [0.05, 0.1) is 17.4 Å². The molecular formula is C12H16N4. The molecule has 0 amide bonds. The number of nitrogens with zero attached hydrogens (tertiary/aromatic N) is 1. The van der Waals surface area contributed by atoms with Crippen LogP contribution in [0.4, 0.5) is 0 Å². The molecule has 0 radical (unpaired) electrons. The Hall–Kier alpha value is -1.39. The topological polar surface area (TPSA) is 66.7 Å². The molecule has 2 heterocycles. The predicted octanol–water partition coefficient (Wildman–Crippen LogP) is 1.17. The van der Waals surface area contributed by atoms with E-state index in [9.17, 15) is 0 Å². The minimum atomic E-state index is 0.127. The fourth-order valence-corrected chi connectivity index (χ4v) is 2.42. The highest BCUT2D eigenvalue weighted by molar-refractivity contribution is 5.75. The number of hydrogen-bond donors (Lipinski definition) is 3. The molecule has 1 aliphatic rings. The summed E-state index contributed by atoms with van der Waals surface area (Å²) in [5.41, 5.74) is 9.55. The molecule has 2 atom stereocenters. The minimum absolute atomic E-state index is 0.127. The van der Waals surface area contributed by atoms with Crippen LogP contribution in [0.15, 0.2) is 24.5 Å². The Bertz CT molecular complexity index is 484. The standard InChI is InChI=1S/C12H16N4/c13-12(9-3-4-14-6-9)8-1-2-10-11(5-8)16-7-15-10/h1-2,5,7,9,12,14H,3-4,6,13H2,(H,15,16). The lowest BCUT2D eigenvalue weighted by Gasteiger charge is -2.18. The van der Waals surface area contributed by atoms with E-state index < -0.39 is 0 Å². The summed E-state index contributed by atoms with van der Waals surface area (Å²) in [6.45, 7) is 2.12. The van der Waals surface area contributed by atoms with Gasteiger partial charge in [-0.1, -0.05) is 6.07 Å². The number of nitrogens with two attached hydrogens (primary N) is 1. The fourth-order valence-electron chi connectivity index (χ4n) is 2.42. The van der Waals surface area contributed by atoms with Gasteiger partial charge < -0.3 is 16.0 Å². The molecule has 1 aromatic heterocycles. The zero-order chi connectivity index (χ0) is 11.0. The Morgan fingerprint density at radius 2 is 2.38 bits per heavy atom. The van der Waals surface area contributed by atoms with Crippen molar-refractivity contribution in [2.45, 2.75) is 12.5 Å². The molecule has 84 valence electrons. The lowest BCUT2D eigenvalue weighted by atomic mass is 9.93. The van der Waals surface area contributed by atoms with Crippen molar-refractivity contribution in [3.8, 4) is 0 Å². The largest absolute Gasteiger partial charge is 0.345 e. The van der Waals surface area contributed by atoms with Gasteiger partial charge in [-0.25, -0.2) is 4.98 Å². The molecular weight excluding hydrogens is 200 g/mol. The summed E-state index contributed by atoms with van der Waals surface area (Å²) in [6, 6.07) is 6.36. The van der Waals surface area contributed by atoms with Gasteiger partial charge in [-0.05, 0) is 43.1 Å².